The van der Waals surface area contributed by atoms with E-state index in [2.05, 4.69) is 4.98 Å². The molecule has 0 spiro atoms. The zero-order chi connectivity index (χ0) is 18.9. The van der Waals surface area contributed by atoms with E-state index in [4.69, 9.17) is 0 Å². The first-order valence-corrected chi connectivity index (χ1v) is 10.8. The second-order valence-electron chi connectivity index (χ2n) is 7.23. The van der Waals surface area contributed by atoms with Gasteiger partial charge in [0, 0.05) is 38.6 Å². The molecular weight excluding hydrogens is 362 g/mol. The molecule has 1 amide bonds. The van der Waals surface area contributed by atoms with Crippen LogP contribution in [-0.2, 0) is 16.6 Å². The third-order valence-electron chi connectivity index (χ3n) is 5.56. The molecule has 4 rings (SSSR count). The van der Waals surface area contributed by atoms with Gasteiger partial charge in [-0.1, -0.05) is 30.3 Å². The molecule has 0 unspecified atom stereocenters. The van der Waals surface area contributed by atoms with Gasteiger partial charge in [-0.15, -0.1) is 0 Å². The fourth-order valence-corrected chi connectivity index (χ4v) is 6.34. The van der Waals surface area contributed by atoms with Crippen molar-refractivity contribution in [2.75, 3.05) is 19.6 Å². The zero-order valence-electron chi connectivity index (χ0n) is 15.1. The predicted octanol–water partition coefficient (Wildman–Crippen LogP) is 2.15. The van der Waals surface area contributed by atoms with Crippen LogP contribution >= 0.6 is 0 Å². The van der Waals surface area contributed by atoms with Gasteiger partial charge in [-0.3, -0.25) is 9.78 Å². The van der Waals surface area contributed by atoms with Crippen molar-refractivity contribution in [3.05, 3.63) is 66.0 Å². The standard InChI is InChI=1S/C20H23N3O3S/c24-20(17-7-4-10-21-13-17)22-11-8-18-15-23(14-16-5-2-1-3-6-16)27(25,26)19(18)9-12-22/h1-7,10,13,18-19H,8-9,11-12,14-15H2/t18-,19-/m1/s1. The van der Waals surface area contributed by atoms with Crippen LogP contribution in [0.25, 0.3) is 0 Å². The van der Waals surface area contributed by atoms with Crippen LogP contribution in [0.3, 0.4) is 0 Å². The number of likely N-dealkylation sites (tertiary alicyclic amines) is 1. The Hall–Kier alpha value is -2.25. The van der Waals surface area contributed by atoms with Crippen LogP contribution in [0.2, 0.25) is 0 Å². The Morgan fingerprint density at radius 1 is 1.07 bits per heavy atom. The van der Waals surface area contributed by atoms with Gasteiger partial charge in [-0.05, 0) is 36.5 Å². The fourth-order valence-electron chi connectivity index (χ4n) is 4.11. The minimum atomic E-state index is -3.34. The molecule has 27 heavy (non-hydrogen) atoms. The first kappa shape index (κ1) is 18.1. The monoisotopic (exact) mass is 385 g/mol. The van der Waals surface area contributed by atoms with Gasteiger partial charge in [0.05, 0.1) is 10.8 Å². The molecule has 0 radical (unpaired) electrons. The number of sulfonamides is 1. The largest absolute Gasteiger partial charge is 0.339 e. The molecule has 2 aromatic rings. The summed E-state index contributed by atoms with van der Waals surface area (Å²) in [6, 6.07) is 13.2. The van der Waals surface area contributed by atoms with E-state index in [1.54, 1.807) is 33.7 Å². The van der Waals surface area contributed by atoms with Gasteiger partial charge in [-0.2, -0.15) is 4.31 Å². The molecule has 0 N–H and O–H groups in total. The molecule has 0 aliphatic carbocycles. The summed E-state index contributed by atoms with van der Waals surface area (Å²) in [4.78, 5) is 18.4. The van der Waals surface area contributed by atoms with E-state index in [1.807, 2.05) is 30.3 Å². The second kappa shape index (κ2) is 7.40. The molecule has 2 aliphatic rings. The number of rotatable bonds is 3. The number of nitrogens with zero attached hydrogens (tertiary/aromatic N) is 3. The van der Waals surface area contributed by atoms with E-state index >= 15 is 0 Å². The van der Waals surface area contributed by atoms with Gasteiger partial charge in [-0.25, -0.2) is 8.42 Å². The highest BCUT2D eigenvalue weighted by atomic mass is 32.2. The van der Waals surface area contributed by atoms with Crippen molar-refractivity contribution in [2.45, 2.75) is 24.6 Å². The van der Waals surface area contributed by atoms with Crippen molar-refractivity contribution in [1.82, 2.24) is 14.2 Å². The predicted molar refractivity (Wildman–Crippen MR) is 102 cm³/mol. The van der Waals surface area contributed by atoms with E-state index in [1.165, 1.54) is 0 Å². The lowest BCUT2D eigenvalue weighted by Gasteiger charge is -2.22. The lowest BCUT2D eigenvalue weighted by Crippen LogP contribution is -2.34. The zero-order valence-corrected chi connectivity index (χ0v) is 15.9. The van der Waals surface area contributed by atoms with E-state index in [0.29, 0.717) is 44.6 Å². The van der Waals surface area contributed by atoms with Crippen LogP contribution in [0.5, 0.6) is 0 Å². The SMILES string of the molecule is O=C(c1cccnc1)N1CC[C@@H]2CN(Cc3ccccc3)S(=O)(=O)[C@@H]2CC1. The summed E-state index contributed by atoms with van der Waals surface area (Å²) in [5.41, 5.74) is 1.56. The normalized spacial score (nSPS) is 25.0. The molecule has 3 heterocycles. The van der Waals surface area contributed by atoms with E-state index in [0.717, 1.165) is 5.56 Å². The lowest BCUT2D eigenvalue weighted by atomic mass is 10.0. The van der Waals surface area contributed by atoms with Crippen LogP contribution in [0.1, 0.15) is 28.8 Å². The van der Waals surface area contributed by atoms with Crippen molar-refractivity contribution in [2.24, 2.45) is 5.92 Å². The van der Waals surface area contributed by atoms with Crippen molar-refractivity contribution in [3.63, 3.8) is 0 Å². The molecule has 1 aromatic carbocycles. The quantitative estimate of drug-likeness (QED) is 0.812. The highest BCUT2D eigenvalue weighted by Crippen LogP contribution is 2.35. The van der Waals surface area contributed by atoms with Gasteiger partial charge < -0.3 is 4.90 Å². The number of aromatic nitrogens is 1. The molecular formula is C20H23N3O3S. The molecule has 0 saturated carbocycles. The maximum Gasteiger partial charge on any atom is 0.255 e. The van der Waals surface area contributed by atoms with Gasteiger partial charge in [0.1, 0.15) is 0 Å². The maximum atomic E-state index is 13.0. The molecule has 2 saturated heterocycles. The summed E-state index contributed by atoms with van der Waals surface area (Å²) in [5.74, 6) is 0.00650. The lowest BCUT2D eigenvalue weighted by molar-refractivity contribution is 0.0758. The van der Waals surface area contributed by atoms with Crippen molar-refractivity contribution in [1.29, 1.82) is 0 Å². The molecule has 2 aliphatic heterocycles. The smallest absolute Gasteiger partial charge is 0.255 e. The number of benzene rings is 1. The van der Waals surface area contributed by atoms with E-state index in [-0.39, 0.29) is 11.8 Å². The summed E-state index contributed by atoms with van der Waals surface area (Å²) < 4.78 is 27.7. The van der Waals surface area contributed by atoms with Crippen molar-refractivity contribution >= 4 is 15.9 Å². The minimum absolute atomic E-state index is 0.0680. The van der Waals surface area contributed by atoms with E-state index in [9.17, 15) is 13.2 Å². The first-order chi connectivity index (χ1) is 13.1. The average molecular weight is 385 g/mol. The Morgan fingerprint density at radius 3 is 2.59 bits per heavy atom. The molecule has 2 atom stereocenters. The van der Waals surface area contributed by atoms with Gasteiger partial charge >= 0.3 is 0 Å². The topological polar surface area (TPSA) is 70.6 Å². The van der Waals surface area contributed by atoms with E-state index < -0.39 is 15.3 Å². The Labute approximate surface area is 159 Å². The highest BCUT2D eigenvalue weighted by Gasteiger charge is 2.47. The number of hydrogen-bond acceptors (Lipinski definition) is 4. The number of fused-ring (bicyclic) bond motifs is 1. The molecule has 2 fully saturated rings. The summed E-state index contributed by atoms with van der Waals surface area (Å²) in [7, 11) is -3.34. The fraction of sp³-hybridized carbons (Fsp3) is 0.400. The van der Waals surface area contributed by atoms with Crippen molar-refractivity contribution < 1.29 is 13.2 Å². The van der Waals surface area contributed by atoms with Gasteiger partial charge in [0.15, 0.2) is 0 Å². The summed E-state index contributed by atoms with van der Waals surface area (Å²) in [6.07, 6.45) is 4.40. The number of carbonyl (C=O) groups excluding carboxylic acids is 1. The number of hydrogen-bond donors (Lipinski definition) is 0. The van der Waals surface area contributed by atoms with Crippen LogP contribution in [0.15, 0.2) is 54.9 Å². The number of carbonyl (C=O) groups is 1. The highest BCUT2D eigenvalue weighted by molar-refractivity contribution is 7.90. The maximum absolute atomic E-state index is 13.0. The Balaban J connectivity index is 1.46. The minimum Gasteiger partial charge on any atom is -0.339 e. The summed E-state index contributed by atoms with van der Waals surface area (Å²) >= 11 is 0. The van der Waals surface area contributed by atoms with Crippen LogP contribution in [0, 0.1) is 5.92 Å². The molecule has 142 valence electrons. The van der Waals surface area contributed by atoms with Crippen LogP contribution in [-0.4, -0.2) is 53.4 Å². The Morgan fingerprint density at radius 2 is 1.85 bits per heavy atom. The summed E-state index contributed by atoms with van der Waals surface area (Å²) in [6.45, 7) is 2.02. The first-order valence-electron chi connectivity index (χ1n) is 9.28. The Bertz CT molecular complexity index is 903. The number of amides is 1. The van der Waals surface area contributed by atoms with Crippen LogP contribution in [0.4, 0.5) is 0 Å². The van der Waals surface area contributed by atoms with Gasteiger partial charge in [0.2, 0.25) is 10.0 Å². The van der Waals surface area contributed by atoms with Crippen LogP contribution < -0.4 is 0 Å². The molecule has 7 heteroatoms. The molecule has 1 aromatic heterocycles. The van der Waals surface area contributed by atoms with Crippen molar-refractivity contribution in [3.8, 4) is 0 Å². The Kier molecular flexibility index (Phi) is 4.97. The summed E-state index contributed by atoms with van der Waals surface area (Å²) in [5, 5.41) is -0.395. The average Bonchev–Trinajstić information content (AvgIpc) is 2.83. The number of pyridine rings is 1. The molecule has 6 nitrogen and oxygen atoms in total. The van der Waals surface area contributed by atoms with Gasteiger partial charge in [0.25, 0.3) is 5.91 Å². The second-order valence-corrected chi connectivity index (χ2v) is 9.38. The molecule has 0 bridgehead atoms. The third-order valence-corrected chi connectivity index (χ3v) is 7.94. The third kappa shape index (κ3) is 3.61.